The van der Waals surface area contributed by atoms with Crippen LogP contribution in [0, 0.1) is 6.92 Å². The maximum atomic E-state index is 12.9. The van der Waals surface area contributed by atoms with Gasteiger partial charge in [-0.25, -0.2) is 0 Å². The smallest absolute Gasteiger partial charge is 0.303 e. The second kappa shape index (κ2) is 11.5. The first kappa shape index (κ1) is 24.6. The van der Waals surface area contributed by atoms with E-state index in [0.717, 1.165) is 33.3 Å². The molecule has 0 bridgehead atoms. The molecule has 1 rings (SSSR count). The third kappa shape index (κ3) is 8.29. The Morgan fingerprint density at radius 2 is 1.40 bits per heavy atom. The van der Waals surface area contributed by atoms with E-state index in [1.807, 2.05) is 0 Å². The van der Waals surface area contributed by atoms with Crippen LogP contribution in [0.1, 0.15) is 33.3 Å². The molecular formula is C20H25NO9. The van der Waals surface area contributed by atoms with Crippen molar-refractivity contribution in [3.05, 3.63) is 29.8 Å². The minimum atomic E-state index is -1.69. The third-order valence-electron chi connectivity index (χ3n) is 3.69. The summed E-state index contributed by atoms with van der Waals surface area (Å²) in [6.45, 7) is 5.56. The van der Waals surface area contributed by atoms with Crippen molar-refractivity contribution in [2.24, 2.45) is 0 Å². The highest BCUT2D eigenvalue weighted by atomic mass is 16.6. The van der Waals surface area contributed by atoms with Crippen molar-refractivity contribution < 1.29 is 42.9 Å². The fraction of sp³-hybridized carbons (Fsp3) is 0.450. The Morgan fingerprint density at radius 1 is 0.833 bits per heavy atom. The Balaban J connectivity index is 3.30. The molecule has 0 fully saturated rings. The first-order valence-corrected chi connectivity index (χ1v) is 9.02. The monoisotopic (exact) mass is 423 g/mol. The average molecular weight is 423 g/mol. The Bertz CT molecular complexity index is 805. The van der Waals surface area contributed by atoms with E-state index in [9.17, 15) is 24.0 Å². The van der Waals surface area contributed by atoms with Crippen molar-refractivity contribution in [1.29, 1.82) is 0 Å². The number of aryl methyl sites for hydroxylation is 1. The van der Waals surface area contributed by atoms with Crippen molar-refractivity contribution in [3.63, 3.8) is 0 Å². The van der Waals surface area contributed by atoms with Crippen LogP contribution >= 0.6 is 0 Å². The Hall–Kier alpha value is -3.43. The molecule has 0 saturated carbocycles. The van der Waals surface area contributed by atoms with Crippen LogP contribution < -0.4 is 5.32 Å². The van der Waals surface area contributed by atoms with Gasteiger partial charge in [-0.15, -0.1) is 0 Å². The number of carbonyl (C=O) groups excluding carboxylic acids is 5. The Morgan fingerprint density at radius 3 is 1.90 bits per heavy atom. The lowest BCUT2D eigenvalue weighted by Gasteiger charge is -2.31. The van der Waals surface area contributed by atoms with Gasteiger partial charge in [0.05, 0.1) is 0 Å². The first-order valence-electron chi connectivity index (χ1n) is 9.02. The van der Waals surface area contributed by atoms with Crippen LogP contribution in [0.5, 0.6) is 0 Å². The Labute approximate surface area is 173 Å². The highest BCUT2D eigenvalue weighted by molar-refractivity contribution is 5.96. The highest BCUT2D eigenvalue weighted by Gasteiger charge is 2.42. The van der Waals surface area contributed by atoms with Gasteiger partial charge >= 0.3 is 23.9 Å². The van der Waals surface area contributed by atoms with Gasteiger partial charge in [0.1, 0.15) is 6.61 Å². The second-order valence-electron chi connectivity index (χ2n) is 6.36. The van der Waals surface area contributed by atoms with Gasteiger partial charge in [0.2, 0.25) is 6.10 Å². The van der Waals surface area contributed by atoms with Gasteiger partial charge < -0.3 is 24.3 Å². The van der Waals surface area contributed by atoms with E-state index in [1.54, 1.807) is 31.2 Å². The van der Waals surface area contributed by atoms with Crippen LogP contribution in [0.25, 0.3) is 0 Å². The molecule has 0 aliphatic rings. The second-order valence-corrected chi connectivity index (χ2v) is 6.36. The Kier molecular flexibility index (Phi) is 9.47. The van der Waals surface area contributed by atoms with Gasteiger partial charge in [-0.2, -0.15) is 0 Å². The predicted octanol–water partition coefficient (Wildman–Crippen LogP) is 1.29. The molecule has 1 N–H and O–H groups in total. The number of benzene rings is 1. The van der Waals surface area contributed by atoms with Gasteiger partial charge in [-0.05, 0) is 18.6 Å². The topological polar surface area (TPSA) is 134 Å². The first-order chi connectivity index (χ1) is 14.0. The molecule has 0 aliphatic heterocycles. The minimum Gasteiger partial charge on any atom is -0.462 e. The van der Waals surface area contributed by atoms with Crippen molar-refractivity contribution in [3.8, 4) is 0 Å². The lowest BCUT2D eigenvalue weighted by Crippen LogP contribution is -2.52. The molecule has 0 unspecified atom stereocenters. The summed E-state index contributed by atoms with van der Waals surface area (Å²) in [5, 5.41) is 2.59. The van der Waals surface area contributed by atoms with Crippen molar-refractivity contribution in [2.75, 3.05) is 11.9 Å². The number of rotatable bonds is 9. The van der Waals surface area contributed by atoms with Crippen LogP contribution in [0.2, 0.25) is 0 Å². The standard InChI is InChI=1S/C20H25NO9/c1-11-8-6-7-9-16(11)21-20(26)19(30-15(5)25)18(29-14(4)24)17(28-13(3)23)10-27-12(2)22/h6-9,17-19H,10H2,1-5H3,(H,21,26)/t17-,18+,19-/m0/s1. The largest absolute Gasteiger partial charge is 0.462 e. The van der Waals surface area contributed by atoms with Crippen LogP contribution in [-0.4, -0.2) is 54.7 Å². The molecule has 1 aromatic rings. The summed E-state index contributed by atoms with van der Waals surface area (Å²) in [5.41, 5.74) is 1.16. The molecule has 10 heteroatoms. The van der Waals surface area contributed by atoms with Crippen LogP contribution in [0.3, 0.4) is 0 Å². The zero-order valence-electron chi connectivity index (χ0n) is 17.4. The van der Waals surface area contributed by atoms with E-state index >= 15 is 0 Å². The lowest BCUT2D eigenvalue weighted by atomic mass is 10.1. The van der Waals surface area contributed by atoms with Crippen LogP contribution in [0.15, 0.2) is 24.3 Å². The third-order valence-corrected chi connectivity index (χ3v) is 3.69. The molecule has 0 spiro atoms. The SMILES string of the molecule is CC(=O)OC[C@H](OC(C)=O)[C@@H](OC(C)=O)[C@H](OC(C)=O)C(=O)Nc1ccccc1C. The summed E-state index contributed by atoms with van der Waals surface area (Å²) >= 11 is 0. The quantitative estimate of drug-likeness (QED) is 0.460. The molecule has 0 radical (unpaired) electrons. The molecule has 164 valence electrons. The van der Waals surface area contributed by atoms with Gasteiger partial charge in [-0.1, -0.05) is 18.2 Å². The van der Waals surface area contributed by atoms with Crippen molar-refractivity contribution >= 4 is 35.5 Å². The highest BCUT2D eigenvalue weighted by Crippen LogP contribution is 2.19. The van der Waals surface area contributed by atoms with E-state index < -0.39 is 54.7 Å². The van der Waals surface area contributed by atoms with E-state index in [0.29, 0.717) is 5.69 Å². The molecule has 10 nitrogen and oxygen atoms in total. The number of anilines is 1. The molecular weight excluding hydrogens is 398 g/mol. The average Bonchev–Trinajstić information content (AvgIpc) is 2.62. The summed E-state index contributed by atoms with van der Waals surface area (Å²) in [5.74, 6) is -3.98. The van der Waals surface area contributed by atoms with Gasteiger partial charge in [-0.3, -0.25) is 24.0 Å². The maximum absolute atomic E-state index is 12.9. The van der Waals surface area contributed by atoms with E-state index in [2.05, 4.69) is 5.32 Å². The fourth-order valence-electron chi connectivity index (χ4n) is 2.50. The normalized spacial score (nSPS) is 13.2. The van der Waals surface area contributed by atoms with Gasteiger partial charge in [0, 0.05) is 33.4 Å². The number of ether oxygens (including phenoxy) is 4. The zero-order valence-corrected chi connectivity index (χ0v) is 17.4. The molecule has 1 aromatic carbocycles. The summed E-state index contributed by atoms with van der Waals surface area (Å²) in [6, 6.07) is 6.84. The number of para-hydroxylation sites is 1. The van der Waals surface area contributed by atoms with E-state index in [1.165, 1.54) is 0 Å². The molecule has 0 heterocycles. The summed E-state index contributed by atoms with van der Waals surface area (Å²) < 4.78 is 20.2. The van der Waals surface area contributed by atoms with Gasteiger partial charge in [0.15, 0.2) is 12.2 Å². The summed E-state index contributed by atoms with van der Waals surface area (Å²) in [7, 11) is 0. The molecule has 1 amide bonds. The van der Waals surface area contributed by atoms with Crippen molar-refractivity contribution in [1.82, 2.24) is 0 Å². The van der Waals surface area contributed by atoms with Gasteiger partial charge in [0.25, 0.3) is 5.91 Å². The number of esters is 4. The predicted molar refractivity (Wildman–Crippen MR) is 103 cm³/mol. The van der Waals surface area contributed by atoms with Crippen molar-refractivity contribution in [2.45, 2.75) is 52.9 Å². The van der Waals surface area contributed by atoms with E-state index in [4.69, 9.17) is 18.9 Å². The molecule has 0 saturated heterocycles. The van der Waals surface area contributed by atoms with Crippen LogP contribution in [-0.2, 0) is 42.9 Å². The lowest BCUT2D eigenvalue weighted by molar-refractivity contribution is -0.190. The zero-order chi connectivity index (χ0) is 22.8. The maximum Gasteiger partial charge on any atom is 0.303 e. The van der Waals surface area contributed by atoms with E-state index in [-0.39, 0.29) is 0 Å². The van der Waals surface area contributed by atoms with Crippen LogP contribution in [0.4, 0.5) is 5.69 Å². The molecule has 0 aromatic heterocycles. The number of amides is 1. The summed E-state index contributed by atoms with van der Waals surface area (Å²) in [6.07, 6.45) is -4.66. The molecule has 0 aliphatic carbocycles. The number of nitrogens with one attached hydrogen (secondary N) is 1. The molecule has 3 atom stereocenters. The fourth-order valence-corrected chi connectivity index (χ4v) is 2.50. The number of hydrogen-bond donors (Lipinski definition) is 1. The summed E-state index contributed by atoms with van der Waals surface area (Å²) in [4.78, 5) is 59.0. The molecule has 30 heavy (non-hydrogen) atoms. The number of carbonyl (C=O) groups is 5. The minimum absolute atomic E-state index is 0.435. The number of hydrogen-bond acceptors (Lipinski definition) is 9.